The standard InChI is InChI=1S/C2H3.H2O.Ti/c1-2;;/h1H,2H2;1H2;/q-1;;. The summed E-state index contributed by atoms with van der Waals surface area (Å²) in [5, 5.41) is 0. The van der Waals surface area contributed by atoms with Crippen molar-refractivity contribution < 1.29 is 27.2 Å². The topological polar surface area (TPSA) is 31.5 Å². The van der Waals surface area contributed by atoms with Gasteiger partial charge in [-0.3, -0.25) is 6.58 Å². The zero-order chi connectivity index (χ0) is 2.00. The summed E-state index contributed by atoms with van der Waals surface area (Å²) in [5.74, 6) is 0. The first-order chi connectivity index (χ1) is 1.00. The van der Waals surface area contributed by atoms with Crippen molar-refractivity contribution in [1.82, 2.24) is 0 Å². The molecule has 0 aromatic heterocycles. The first kappa shape index (κ1) is 25.7. The van der Waals surface area contributed by atoms with Gasteiger partial charge in [-0.2, -0.15) is 0 Å². The molecule has 0 heterocycles. The molecule has 0 aromatic carbocycles. The average molecular weight is 92.9 g/mol. The molecule has 2 N–H and O–H groups in total. The van der Waals surface area contributed by atoms with E-state index in [0.717, 1.165) is 0 Å². The Balaban J connectivity index is -0.00000000500. The van der Waals surface area contributed by atoms with Crippen molar-refractivity contribution in [2.75, 3.05) is 0 Å². The first-order valence-corrected chi connectivity index (χ1v) is 0.408. The van der Waals surface area contributed by atoms with Crippen LogP contribution in [-0.4, -0.2) is 5.48 Å². The average Bonchev–Trinajstić information content (AvgIpc) is 1.00. The first-order valence-electron chi connectivity index (χ1n) is 0.408. The van der Waals surface area contributed by atoms with E-state index in [0.29, 0.717) is 0 Å². The van der Waals surface area contributed by atoms with Crippen LogP contribution >= 0.6 is 0 Å². The van der Waals surface area contributed by atoms with Crippen molar-refractivity contribution in [2.45, 2.75) is 0 Å². The molecule has 0 aliphatic rings. The molecule has 0 saturated carbocycles. The monoisotopic (exact) mass is 93.0 g/mol. The van der Waals surface area contributed by atoms with Crippen molar-refractivity contribution in [3.63, 3.8) is 0 Å². The third-order valence-electron chi connectivity index (χ3n) is 0. The van der Waals surface area contributed by atoms with Gasteiger partial charge < -0.3 is 12.1 Å². The van der Waals surface area contributed by atoms with Crippen LogP contribution in [0.5, 0.6) is 0 Å². The summed E-state index contributed by atoms with van der Waals surface area (Å²) in [6, 6.07) is 0. The molecule has 0 spiro atoms. The summed E-state index contributed by atoms with van der Waals surface area (Å²) < 4.78 is 0. The molecule has 0 aromatic rings. The van der Waals surface area contributed by atoms with Crippen LogP contribution in [0.1, 0.15) is 0 Å². The van der Waals surface area contributed by atoms with Gasteiger partial charge in [-0.05, 0) is 0 Å². The van der Waals surface area contributed by atoms with Crippen LogP contribution < -0.4 is 0 Å². The van der Waals surface area contributed by atoms with Crippen molar-refractivity contribution >= 4 is 0 Å². The van der Waals surface area contributed by atoms with Crippen molar-refractivity contribution in [3.8, 4) is 0 Å². The molecule has 0 bridgehead atoms. The summed E-state index contributed by atoms with van der Waals surface area (Å²) >= 11 is 0. The third-order valence-corrected chi connectivity index (χ3v) is 0. The molecule has 0 rings (SSSR count). The van der Waals surface area contributed by atoms with Gasteiger partial charge in [-0.25, -0.2) is 0 Å². The van der Waals surface area contributed by atoms with Crippen LogP contribution in [0.4, 0.5) is 0 Å². The Bertz CT molecular complexity index is 6.00. The maximum Gasteiger partial charge on any atom is 0 e. The van der Waals surface area contributed by atoms with E-state index >= 15 is 0 Å². The molecule has 0 unspecified atom stereocenters. The Kier molecular flexibility index (Phi) is 746. The molecule has 24 valence electrons. The summed E-state index contributed by atoms with van der Waals surface area (Å²) in [5.41, 5.74) is 0. The molecule has 1 nitrogen and oxygen atoms in total. The fraction of sp³-hybridized carbons (Fsp3) is 0. The number of hydrogen-bond donors (Lipinski definition) is 0. The number of rotatable bonds is 0. The molecule has 0 amide bonds. The van der Waals surface area contributed by atoms with Gasteiger partial charge in [0.15, 0.2) is 0 Å². The quantitative estimate of drug-likeness (QED) is 0.293. The van der Waals surface area contributed by atoms with Gasteiger partial charge in [0.2, 0.25) is 0 Å². The van der Waals surface area contributed by atoms with Crippen LogP contribution in [-0.2, 0) is 21.7 Å². The minimum Gasteiger partial charge on any atom is -0.521 e. The van der Waals surface area contributed by atoms with Crippen LogP contribution in [0.2, 0.25) is 0 Å². The second-order valence-electron chi connectivity index (χ2n) is 0. The van der Waals surface area contributed by atoms with Gasteiger partial charge >= 0.3 is 0 Å². The van der Waals surface area contributed by atoms with E-state index in [1.54, 1.807) is 0 Å². The van der Waals surface area contributed by atoms with Gasteiger partial charge in [0, 0.05) is 21.7 Å². The fourth-order valence-electron chi connectivity index (χ4n) is 0. The molecule has 0 aliphatic carbocycles. The third kappa shape index (κ3) is 28.1. The number of hydrogen-bond acceptors (Lipinski definition) is 0. The van der Waals surface area contributed by atoms with E-state index in [-0.39, 0.29) is 27.2 Å². The van der Waals surface area contributed by atoms with E-state index in [1.807, 2.05) is 0 Å². The van der Waals surface area contributed by atoms with E-state index in [4.69, 9.17) is 0 Å². The van der Waals surface area contributed by atoms with Crippen LogP contribution in [0.25, 0.3) is 0 Å². The van der Waals surface area contributed by atoms with E-state index in [2.05, 4.69) is 13.2 Å². The largest absolute Gasteiger partial charge is 0.521 e. The molecular formula is C2H5OTi-. The Morgan fingerprint density at radius 1 is 1.25 bits per heavy atom. The second kappa shape index (κ2) is 116. The zero-order valence-corrected chi connectivity index (χ0v) is 3.85. The Morgan fingerprint density at radius 3 is 1.25 bits per heavy atom. The Labute approximate surface area is 40.9 Å². The summed E-state index contributed by atoms with van der Waals surface area (Å²) in [7, 11) is 0. The van der Waals surface area contributed by atoms with E-state index in [1.165, 1.54) is 0 Å². The summed E-state index contributed by atoms with van der Waals surface area (Å²) in [6.45, 7) is 7.00. The molecule has 0 saturated heterocycles. The van der Waals surface area contributed by atoms with Gasteiger partial charge in [-0.15, -0.1) is 0 Å². The molecule has 0 aliphatic heterocycles. The second-order valence-corrected chi connectivity index (χ2v) is 0. The Hall–Kier alpha value is 0.414. The normalized spacial score (nSPS) is 1.00. The zero-order valence-electron chi connectivity index (χ0n) is 2.28. The van der Waals surface area contributed by atoms with Crippen molar-refractivity contribution in [1.29, 1.82) is 0 Å². The Morgan fingerprint density at radius 2 is 1.25 bits per heavy atom. The van der Waals surface area contributed by atoms with Crippen molar-refractivity contribution in [3.05, 3.63) is 13.2 Å². The fourth-order valence-corrected chi connectivity index (χ4v) is 0. The minimum atomic E-state index is 0. The molecule has 2 heteroatoms. The minimum absolute atomic E-state index is 0. The van der Waals surface area contributed by atoms with Gasteiger partial charge in [0.1, 0.15) is 0 Å². The van der Waals surface area contributed by atoms with Crippen LogP contribution in [0.15, 0.2) is 6.58 Å². The maximum absolute atomic E-state index is 4.25. The van der Waals surface area contributed by atoms with Gasteiger partial charge in [-0.1, -0.05) is 0 Å². The van der Waals surface area contributed by atoms with Crippen LogP contribution in [0, 0.1) is 6.58 Å². The summed E-state index contributed by atoms with van der Waals surface area (Å²) in [6.07, 6.45) is 0. The van der Waals surface area contributed by atoms with Gasteiger partial charge in [0.05, 0.1) is 0 Å². The van der Waals surface area contributed by atoms with E-state index < -0.39 is 0 Å². The van der Waals surface area contributed by atoms with E-state index in [9.17, 15) is 0 Å². The molecule has 0 radical (unpaired) electrons. The smallest absolute Gasteiger partial charge is 0 e. The predicted molar refractivity (Wildman–Crippen MR) is 13.5 cm³/mol. The molecule has 4 heavy (non-hydrogen) atoms. The summed E-state index contributed by atoms with van der Waals surface area (Å²) in [4.78, 5) is 0. The molecule has 0 fully saturated rings. The van der Waals surface area contributed by atoms with Gasteiger partial charge in [0.25, 0.3) is 0 Å². The SMILES string of the molecule is O.[CH-]=C.[Ti]. The molecule has 0 atom stereocenters. The van der Waals surface area contributed by atoms with Crippen molar-refractivity contribution in [2.24, 2.45) is 0 Å². The molecular weight excluding hydrogens is 87.9 g/mol. The predicted octanol–water partition coefficient (Wildman–Crippen LogP) is -0.222. The van der Waals surface area contributed by atoms with Crippen LogP contribution in [0.3, 0.4) is 0 Å². The maximum atomic E-state index is 4.25.